The van der Waals surface area contributed by atoms with E-state index in [2.05, 4.69) is 4.99 Å². The summed E-state index contributed by atoms with van der Waals surface area (Å²) in [4.78, 5) is 14.1. The fourth-order valence-corrected chi connectivity index (χ4v) is 1.11. The van der Waals surface area contributed by atoms with Crippen LogP contribution in [0.15, 0.2) is 23.2 Å². The van der Waals surface area contributed by atoms with Gasteiger partial charge in [-0.3, -0.25) is 9.79 Å². The van der Waals surface area contributed by atoms with Gasteiger partial charge in [-0.2, -0.15) is 0 Å². The van der Waals surface area contributed by atoms with Gasteiger partial charge in [-0.25, -0.2) is 0 Å². The first-order valence-electron chi connectivity index (χ1n) is 3.79. The van der Waals surface area contributed by atoms with Crippen LogP contribution in [0.4, 0.5) is 5.69 Å². The van der Waals surface area contributed by atoms with E-state index in [1.807, 2.05) is 32.0 Å². The molecule has 1 rings (SSSR count). The number of nitrogens with zero attached hydrogens (tertiary/aromatic N) is 1. The van der Waals surface area contributed by atoms with Crippen LogP contribution in [0.3, 0.4) is 0 Å². The Morgan fingerprint density at radius 1 is 1.25 bits per heavy atom. The summed E-state index contributed by atoms with van der Waals surface area (Å²) in [6, 6.07) is 5.93. The van der Waals surface area contributed by atoms with Crippen LogP contribution in [0.2, 0.25) is 0 Å². The predicted molar refractivity (Wildman–Crippen MR) is 50.1 cm³/mol. The summed E-state index contributed by atoms with van der Waals surface area (Å²) >= 11 is 0. The molecular weight excluding hydrogens is 150 g/mol. The number of hydrogen-bond donors (Lipinski definition) is 0. The molecule has 0 amide bonds. The number of carbonyl (C=O) groups is 1. The van der Waals surface area contributed by atoms with Crippen LogP contribution in [0.5, 0.6) is 0 Å². The zero-order valence-corrected chi connectivity index (χ0v) is 7.24. The van der Waals surface area contributed by atoms with Crippen molar-refractivity contribution in [2.45, 2.75) is 13.8 Å². The summed E-state index contributed by atoms with van der Waals surface area (Å²) in [7, 11) is 0. The molecule has 0 fully saturated rings. The molecule has 2 nitrogen and oxygen atoms in total. The number of aliphatic imine (C=N–C) groups is 1. The van der Waals surface area contributed by atoms with Gasteiger partial charge in [0.25, 0.3) is 0 Å². The summed E-state index contributed by atoms with van der Waals surface area (Å²) in [5.41, 5.74) is 3.07. The molecular formula is C10H11NO. The molecule has 2 heteroatoms. The first kappa shape index (κ1) is 8.65. The van der Waals surface area contributed by atoms with Gasteiger partial charge in [-0.1, -0.05) is 18.2 Å². The minimum Gasteiger partial charge on any atom is -0.297 e. The number of benzene rings is 1. The smallest absolute Gasteiger partial charge is 0.161 e. The molecule has 0 atom stereocenters. The van der Waals surface area contributed by atoms with E-state index in [9.17, 15) is 4.79 Å². The minimum atomic E-state index is 0.686. The average molecular weight is 161 g/mol. The second-order valence-corrected chi connectivity index (χ2v) is 2.65. The van der Waals surface area contributed by atoms with Crippen molar-refractivity contribution in [3.63, 3.8) is 0 Å². The van der Waals surface area contributed by atoms with Gasteiger partial charge < -0.3 is 0 Å². The lowest BCUT2D eigenvalue weighted by Crippen LogP contribution is -1.80. The normalized spacial score (nSPS) is 10.5. The van der Waals surface area contributed by atoms with E-state index >= 15 is 0 Å². The van der Waals surface area contributed by atoms with E-state index in [1.165, 1.54) is 6.21 Å². The maximum atomic E-state index is 10.1. The number of aryl methyl sites for hydroxylation is 2. The molecule has 0 N–H and O–H groups in total. The monoisotopic (exact) mass is 161 g/mol. The molecule has 12 heavy (non-hydrogen) atoms. The van der Waals surface area contributed by atoms with Crippen LogP contribution < -0.4 is 0 Å². The molecule has 0 unspecified atom stereocenters. The highest BCUT2D eigenvalue weighted by Gasteiger charge is 1.97. The molecule has 0 bridgehead atoms. The highest BCUT2D eigenvalue weighted by atomic mass is 16.1. The number of aldehydes is 1. The van der Waals surface area contributed by atoms with Gasteiger partial charge in [0.2, 0.25) is 0 Å². The zero-order valence-electron chi connectivity index (χ0n) is 7.24. The molecule has 0 aliphatic heterocycles. The molecule has 62 valence electrons. The van der Waals surface area contributed by atoms with E-state index in [0.29, 0.717) is 6.29 Å². The highest BCUT2D eigenvalue weighted by Crippen LogP contribution is 2.21. The summed E-state index contributed by atoms with van der Waals surface area (Å²) in [5.74, 6) is 0. The molecule has 0 saturated carbocycles. The average Bonchev–Trinajstić information content (AvgIpc) is 2.04. The fraction of sp³-hybridized carbons (Fsp3) is 0.200. The second kappa shape index (κ2) is 3.81. The Labute approximate surface area is 71.9 Å². The van der Waals surface area contributed by atoms with Crippen LogP contribution in [0, 0.1) is 13.8 Å². The van der Waals surface area contributed by atoms with Crippen LogP contribution in [-0.4, -0.2) is 12.5 Å². The van der Waals surface area contributed by atoms with Gasteiger partial charge >= 0.3 is 0 Å². The van der Waals surface area contributed by atoms with E-state index < -0.39 is 0 Å². The van der Waals surface area contributed by atoms with E-state index in [0.717, 1.165) is 16.8 Å². The maximum absolute atomic E-state index is 10.1. The summed E-state index contributed by atoms with van der Waals surface area (Å²) in [6.45, 7) is 3.95. The molecule has 0 aromatic heterocycles. The number of carbonyl (C=O) groups excluding carboxylic acids is 1. The lowest BCUT2D eigenvalue weighted by atomic mass is 10.1. The van der Waals surface area contributed by atoms with Crippen molar-refractivity contribution in [1.82, 2.24) is 0 Å². The third kappa shape index (κ3) is 1.78. The van der Waals surface area contributed by atoms with Crippen molar-refractivity contribution in [3.05, 3.63) is 29.3 Å². The zero-order chi connectivity index (χ0) is 8.97. The first-order valence-corrected chi connectivity index (χ1v) is 3.79. The van der Waals surface area contributed by atoms with Gasteiger partial charge in [-0.15, -0.1) is 0 Å². The predicted octanol–water partition coefficient (Wildman–Crippen LogP) is 2.20. The van der Waals surface area contributed by atoms with Crippen LogP contribution in [-0.2, 0) is 4.79 Å². The third-order valence-corrected chi connectivity index (χ3v) is 1.70. The summed E-state index contributed by atoms with van der Waals surface area (Å²) < 4.78 is 0. The molecule has 0 aliphatic carbocycles. The Morgan fingerprint density at radius 2 is 1.83 bits per heavy atom. The minimum absolute atomic E-state index is 0.686. The molecule has 0 aliphatic rings. The Morgan fingerprint density at radius 3 is 2.33 bits per heavy atom. The van der Waals surface area contributed by atoms with E-state index in [-0.39, 0.29) is 0 Å². The Kier molecular flexibility index (Phi) is 2.75. The topological polar surface area (TPSA) is 29.4 Å². The van der Waals surface area contributed by atoms with Crippen molar-refractivity contribution in [2.75, 3.05) is 0 Å². The van der Waals surface area contributed by atoms with Crippen LogP contribution >= 0.6 is 0 Å². The van der Waals surface area contributed by atoms with Crippen molar-refractivity contribution in [2.24, 2.45) is 4.99 Å². The first-order chi connectivity index (χ1) is 5.75. The molecule has 0 radical (unpaired) electrons. The molecule has 0 spiro atoms. The van der Waals surface area contributed by atoms with Gasteiger partial charge in [-0.05, 0) is 25.0 Å². The van der Waals surface area contributed by atoms with Gasteiger partial charge in [0.15, 0.2) is 6.29 Å². The summed E-state index contributed by atoms with van der Waals surface area (Å²) in [6.07, 6.45) is 1.96. The Balaban J connectivity index is 3.12. The van der Waals surface area contributed by atoms with Crippen LogP contribution in [0.25, 0.3) is 0 Å². The lowest BCUT2D eigenvalue weighted by molar-refractivity contribution is -0.102. The van der Waals surface area contributed by atoms with E-state index in [4.69, 9.17) is 0 Å². The Bertz CT molecular complexity index is 295. The second-order valence-electron chi connectivity index (χ2n) is 2.65. The largest absolute Gasteiger partial charge is 0.297 e. The Hall–Kier alpha value is -1.44. The third-order valence-electron chi connectivity index (χ3n) is 1.70. The molecule has 0 heterocycles. The fourth-order valence-electron chi connectivity index (χ4n) is 1.11. The van der Waals surface area contributed by atoms with Crippen LogP contribution in [0.1, 0.15) is 11.1 Å². The standard InChI is InChI=1S/C10H11NO/c1-8-4-3-5-9(2)10(8)11-6-7-12/h3-7H,1-2H3. The molecule has 1 aromatic carbocycles. The van der Waals surface area contributed by atoms with Gasteiger partial charge in [0.1, 0.15) is 0 Å². The molecule has 1 aromatic rings. The van der Waals surface area contributed by atoms with Crippen molar-refractivity contribution >= 4 is 18.2 Å². The quantitative estimate of drug-likeness (QED) is 0.483. The number of hydrogen-bond acceptors (Lipinski definition) is 2. The van der Waals surface area contributed by atoms with Crippen molar-refractivity contribution in [1.29, 1.82) is 0 Å². The maximum Gasteiger partial charge on any atom is 0.161 e. The van der Waals surface area contributed by atoms with Crippen molar-refractivity contribution in [3.8, 4) is 0 Å². The molecule has 0 saturated heterocycles. The summed E-state index contributed by atoms with van der Waals surface area (Å²) in [5, 5.41) is 0. The van der Waals surface area contributed by atoms with E-state index in [1.54, 1.807) is 0 Å². The number of para-hydroxylation sites is 1. The lowest BCUT2D eigenvalue weighted by Gasteiger charge is -2.01. The van der Waals surface area contributed by atoms with Gasteiger partial charge in [0.05, 0.1) is 11.9 Å². The number of rotatable bonds is 2. The van der Waals surface area contributed by atoms with Crippen molar-refractivity contribution < 1.29 is 4.79 Å². The highest BCUT2D eigenvalue weighted by molar-refractivity contribution is 6.13. The van der Waals surface area contributed by atoms with Gasteiger partial charge in [0, 0.05) is 0 Å². The SMILES string of the molecule is Cc1cccc(C)c1N=CC=O.